The van der Waals surface area contributed by atoms with E-state index in [0.717, 1.165) is 0 Å². The maximum atomic E-state index is 14.2. The highest BCUT2D eigenvalue weighted by molar-refractivity contribution is 6.02. The molecule has 0 aliphatic rings. The molecule has 0 fully saturated rings. The maximum Gasteiger partial charge on any atom is 0.280 e. The number of carbonyl (C=O) groups excluding carboxylic acids is 1. The van der Waals surface area contributed by atoms with E-state index in [2.05, 4.69) is 10.4 Å². The van der Waals surface area contributed by atoms with E-state index in [0.29, 0.717) is 36.1 Å². The molecular formula is C22H22FN3O4. The lowest BCUT2D eigenvalue weighted by molar-refractivity contribution is 0.101. The van der Waals surface area contributed by atoms with Gasteiger partial charge in [-0.3, -0.25) is 9.59 Å². The van der Waals surface area contributed by atoms with Gasteiger partial charge in [0, 0.05) is 23.5 Å². The topological polar surface area (TPSA) is 82.5 Å². The van der Waals surface area contributed by atoms with Crippen molar-refractivity contribution in [1.82, 2.24) is 9.78 Å². The first kappa shape index (κ1) is 21.0. The van der Waals surface area contributed by atoms with Gasteiger partial charge in [0.15, 0.2) is 17.2 Å². The molecule has 0 aliphatic carbocycles. The maximum absolute atomic E-state index is 14.2. The van der Waals surface area contributed by atoms with Gasteiger partial charge in [0.25, 0.3) is 5.91 Å². The van der Waals surface area contributed by atoms with Crippen molar-refractivity contribution in [2.24, 2.45) is 0 Å². The normalized spacial score (nSPS) is 10.5. The number of carbonyl (C=O) groups is 1. The first-order valence-corrected chi connectivity index (χ1v) is 9.51. The van der Waals surface area contributed by atoms with Gasteiger partial charge in [-0.05, 0) is 45.0 Å². The van der Waals surface area contributed by atoms with Crippen LogP contribution >= 0.6 is 0 Å². The molecule has 156 valence electrons. The molecule has 7 nitrogen and oxygen atoms in total. The summed E-state index contributed by atoms with van der Waals surface area (Å²) in [5.74, 6) is -0.210. The van der Waals surface area contributed by atoms with Crippen molar-refractivity contribution in [2.45, 2.75) is 20.8 Å². The molecule has 1 aromatic heterocycles. The highest BCUT2D eigenvalue weighted by Crippen LogP contribution is 2.30. The molecule has 0 bridgehead atoms. The van der Waals surface area contributed by atoms with E-state index in [1.807, 2.05) is 13.8 Å². The summed E-state index contributed by atoms with van der Waals surface area (Å²) in [5, 5.41) is 6.74. The molecule has 0 radical (unpaired) electrons. The molecule has 0 saturated heterocycles. The van der Waals surface area contributed by atoms with Crippen molar-refractivity contribution >= 4 is 11.6 Å². The van der Waals surface area contributed by atoms with Crippen molar-refractivity contribution in [3.63, 3.8) is 0 Å². The SMILES string of the molecule is CCOc1ccc(NC(=O)c2nn(-c3ccccc3F)c(C)cc2=O)cc1OCC. The van der Waals surface area contributed by atoms with Crippen LogP contribution in [0.15, 0.2) is 53.3 Å². The van der Waals surface area contributed by atoms with Crippen LogP contribution in [-0.2, 0) is 0 Å². The summed E-state index contributed by atoms with van der Waals surface area (Å²) in [7, 11) is 0. The summed E-state index contributed by atoms with van der Waals surface area (Å²) in [6.45, 7) is 6.19. The van der Waals surface area contributed by atoms with Gasteiger partial charge in [0.1, 0.15) is 11.5 Å². The molecule has 0 unspecified atom stereocenters. The number of amides is 1. The Morgan fingerprint density at radius 3 is 2.47 bits per heavy atom. The number of para-hydroxylation sites is 1. The summed E-state index contributed by atoms with van der Waals surface area (Å²) in [5.41, 5.74) is 0.0421. The van der Waals surface area contributed by atoms with Crippen molar-refractivity contribution < 1.29 is 18.7 Å². The van der Waals surface area contributed by atoms with E-state index in [-0.39, 0.29) is 11.4 Å². The average molecular weight is 411 g/mol. The predicted molar refractivity (Wildman–Crippen MR) is 111 cm³/mol. The van der Waals surface area contributed by atoms with Crippen molar-refractivity contribution in [1.29, 1.82) is 0 Å². The summed E-state index contributed by atoms with van der Waals surface area (Å²) in [6, 6.07) is 12.2. The highest BCUT2D eigenvalue weighted by atomic mass is 19.1. The molecule has 0 spiro atoms. The third-order valence-electron chi connectivity index (χ3n) is 4.20. The van der Waals surface area contributed by atoms with Crippen LogP contribution < -0.4 is 20.2 Å². The highest BCUT2D eigenvalue weighted by Gasteiger charge is 2.17. The van der Waals surface area contributed by atoms with E-state index in [1.54, 1.807) is 37.3 Å². The van der Waals surface area contributed by atoms with Crippen LogP contribution in [0.4, 0.5) is 10.1 Å². The van der Waals surface area contributed by atoms with Crippen LogP contribution in [0.25, 0.3) is 5.69 Å². The summed E-state index contributed by atoms with van der Waals surface area (Å²) in [6.07, 6.45) is 0. The fourth-order valence-electron chi connectivity index (χ4n) is 2.89. The van der Waals surface area contributed by atoms with E-state index in [1.165, 1.54) is 22.9 Å². The van der Waals surface area contributed by atoms with E-state index < -0.39 is 17.2 Å². The zero-order chi connectivity index (χ0) is 21.7. The summed E-state index contributed by atoms with van der Waals surface area (Å²) >= 11 is 0. The van der Waals surface area contributed by atoms with Gasteiger partial charge >= 0.3 is 0 Å². The lowest BCUT2D eigenvalue weighted by Gasteiger charge is -2.14. The van der Waals surface area contributed by atoms with Crippen LogP contribution in [0.1, 0.15) is 30.0 Å². The molecule has 0 saturated carbocycles. The van der Waals surface area contributed by atoms with Gasteiger partial charge in [-0.15, -0.1) is 0 Å². The molecule has 1 amide bonds. The van der Waals surface area contributed by atoms with Gasteiger partial charge < -0.3 is 14.8 Å². The lowest BCUT2D eigenvalue weighted by atomic mass is 10.2. The lowest BCUT2D eigenvalue weighted by Crippen LogP contribution is -2.27. The first-order valence-electron chi connectivity index (χ1n) is 9.51. The average Bonchev–Trinajstić information content (AvgIpc) is 2.71. The Morgan fingerprint density at radius 2 is 1.77 bits per heavy atom. The second kappa shape index (κ2) is 9.21. The molecule has 8 heteroatoms. The van der Waals surface area contributed by atoms with Gasteiger partial charge in [-0.2, -0.15) is 5.10 Å². The Hall–Kier alpha value is -3.68. The second-order valence-corrected chi connectivity index (χ2v) is 6.34. The number of anilines is 1. The molecule has 2 aromatic carbocycles. The fraction of sp³-hybridized carbons (Fsp3) is 0.227. The van der Waals surface area contributed by atoms with Crippen LogP contribution in [0.3, 0.4) is 0 Å². The van der Waals surface area contributed by atoms with Gasteiger partial charge in [-0.25, -0.2) is 9.07 Å². The van der Waals surface area contributed by atoms with Crippen LogP contribution in [0.2, 0.25) is 0 Å². The molecule has 0 atom stereocenters. The van der Waals surface area contributed by atoms with Gasteiger partial charge in [0.05, 0.1) is 13.2 Å². The molecular weight excluding hydrogens is 389 g/mol. The predicted octanol–water partition coefficient (Wildman–Crippen LogP) is 3.73. The van der Waals surface area contributed by atoms with Crippen LogP contribution in [-0.4, -0.2) is 28.9 Å². The number of hydrogen-bond donors (Lipinski definition) is 1. The number of aromatic nitrogens is 2. The fourth-order valence-corrected chi connectivity index (χ4v) is 2.89. The first-order chi connectivity index (χ1) is 14.4. The van der Waals surface area contributed by atoms with E-state index >= 15 is 0 Å². The minimum atomic E-state index is -0.711. The number of halogens is 1. The standard InChI is InChI=1S/C22H22FN3O4/c1-4-29-19-11-10-15(13-20(19)30-5-2)24-22(28)21-18(27)12-14(3)26(25-21)17-9-7-6-8-16(17)23/h6-13H,4-5H2,1-3H3,(H,24,28). The van der Waals surface area contributed by atoms with Crippen LogP contribution in [0, 0.1) is 12.7 Å². The zero-order valence-electron chi connectivity index (χ0n) is 16.9. The van der Waals surface area contributed by atoms with E-state index in [4.69, 9.17) is 9.47 Å². The number of rotatable bonds is 7. The smallest absolute Gasteiger partial charge is 0.280 e. The Bertz CT molecular complexity index is 1130. The number of benzene rings is 2. The Morgan fingerprint density at radius 1 is 1.07 bits per heavy atom. The number of nitrogens with one attached hydrogen (secondary N) is 1. The Balaban J connectivity index is 1.94. The number of nitrogens with zero attached hydrogens (tertiary/aromatic N) is 2. The minimum Gasteiger partial charge on any atom is -0.490 e. The number of ether oxygens (including phenoxy) is 2. The molecule has 3 aromatic rings. The Labute approximate surface area is 173 Å². The quantitative estimate of drug-likeness (QED) is 0.641. The van der Waals surface area contributed by atoms with Gasteiger partial charge in [0.2, 0.25) is 5.43 Å². The Kier molecular flexibility index (Phi) is 6.46. The summed E-state index contributed by atoms with van der Waals surface area (Å²) in [4.78, 5) is 25.1. The largest absolute Gasteiger partial charge is 0.490 e. The molecule has 0 aliphatic heterocycles. The van der Waals surface area contributed by atoms with Crippen LogP contribution in [0.5, 0.6) is 11.5 Å². The summed E-state index contributed by atoms with van der Waals surface area (Å²) < 4.78 is 26.5. The van der Waals surface area contributed by atoms with Gasteiger partial charge in [-0.1, -0.05) is 12.1 Å². The third kappa shape index (κ3) is 4.48. The zero-order valence-corrected chi connectivity index (χ0v) is 16.9. The second-order valence-electron chi connectivity index (χ2n) is 6.34. The van der Waals surface area contributed by atoms with Crippen molar-refractivity contribution in [2.75, 3.05) is 18.5 Å². The third-order valence-corrected chi connectivity index (χ3v) is 4.20. The molecule has 1 N–H and O–H groups in total. The van der Waals surface area contributed by atoms with Crippen molar-refractivity contribution in [3.05, 3.63) is 76.0 Å². The van der Waals surface area contributed by atoms with E-state index in [9.17, 15) is 14.0 Å². The minimum absolute atomic E-state index is 0.142. The molecule has 1 heterocycles. The monoisotopic (exact) mass is 411 g/mol. The number of aryl methyl sites for hydroxylation is 1. The van der Waals surface area contributed by atoms with Crippen molar-refractivity contribution in [3.8, 4) is 17.2 Å². The molecule has 30 heavy (non-hydrogen) atoms. The molecule has 3 rings (SSSR count). The number of hydrogen-bond acceptors (Lipinski definition) is 5.